The van der Waals surface area contributed by atoms with E-state index in [0.29, 0.717) is 6.54 Å². The standard InChI is InChI=1S/C11H15NO/c12-7-6-11-4-1-3-10(9-11)5-2-8-13/h1-5,9,13H,6-8,12H2. The molecule has 0 saturated heterocycles. The molecule has 0 heterocycles. The van der Waals surface area contributed by atoms with E-state index < -0.39 is 0 Å². The Morgan fingerprint density at radius 3 is 2.92 bits per heavy atom. The third kappa shape index (κ3) is 3.40. The van der Waals surface area contributed by atoms with E-state index in [2.05, 4.69) is 12.1 Å². The fourth-order valence-electron chi connectivity index (χ4n) is 1.21. The third-order valence-electron chi connectivity index (χ3n) is 1.80. The molecule has 0 atom stereocenters. The molecule has 0 bridgehead atoms. The number of aliphatic hydroxyl groups excluding tert-OH is 1. The minimum absolute atomic E-state index is 0.0844. The van der Waals surface area contributed by atoms with Crippen molar-refractivity contribution in [1.82, 2.24) is 0 Å². The molecule has 1 rings (SSSR count). The van der Waals surface area contributed by atoms with Crippen LogP contribution in [-0.2, 0) is 6.42 Å². The Kier molecular flexibility index (Phi) is 4.23. The van der Waals surface area contributed by atoms with Gasteiger partial charge in [-0.3, -0.25) is 0 Å². The number of hydrogen-bond donors (Lipinski definition) is 2. The molecule has 1 aromatic carbocycles. The van der Waals surface area contributed by atoms with Crippen LogP contribution in [-0.4, -0.2) is 18.3 Å². The number of rotatable bonds is 4. The lowest BCUT2D eigenvalue weighted by molar-refractivity contribution is 0.343. The van der Waals surface area contributed by atoms with E-state index in [1.165, 1.54) is 5.56 Å². The van der Waals surface area contributed by atoms with E-state index in [-0.39, 0.29) is 6.61 Å². The molecule has 0 radical (unpaired) electrons. The van der Waals surface area contributed by atoms with Gasteiger partial charge in [-0.25, -0.2) is 0 Å². The Labute approximate surface area is 78.7 Å². The maximum atomic E-state index is 8.59. The zero-order valence-electron chi connectivity index (χ0n) is 7.61. The van der Waals surface area contributed by atoms with Gasteiger partial charge < -0.3 is 10.8 Å². The largest absolute Gasteiger partial charge is 0.392 e. The Balaban J connectivity index is 2.73. The molecule has 2 nitrogen and oxygen atoms in total. The first-order valence-corrected chi connectivity index (χ1v) is 4.43. The van der Waals surface area contributed by atoms with Crippen molar-refractivity contribution in [2.45, 2.75) is 6.42 Å². The van der Waals surface area contributed by atoms with Crippen LogP contribution in [0.4, 0.5) is 0 Å². The topological polar surface area (TPSA) is 46.2 Å². The van der Waals surface area contributed by atoms with E-state index >= 15 is 0 Å². The highest BCUT2D eigenvalue weighted by Crippen LogP contribution is 2.07. The van der Waals surface area contributed by atoms with Gasteiger partial charge in [-0.05, 0) is 24.1 Å². The first kappa shape index (κ1) is 9.96. The Morgan fingerprint density at radius 1 is 1.38 bits per heavy atom. The van der Waals surface area contributed by atoms with Crippen LogP contribution >= 0.6 is 0 Å². The summed E-state index contributed by atoms with van der Waals surface area (Å²) in [6, 6.07) is 8.15. The maximum absolute atomic E-state index is 8.59. The molecular formula is C11H15NO. The molecule has 0 aliphatic rings. The third-order valence-corrected chi connectivity index (χ3v) is 1.80. The second kappa shape index (κ2) is 5.51. The van der Waals surface area contributed by atoms with Crippen LogP contribution in [0.3, 0.4) is 0 Å². The van der Waals surface area contributed by atoms with Crippen LogP contribution in [0.1, 0.15) is 11.1 Å². The number of hydrogen-bond acceptors (Lipinski definition) is 2. The molecule has 2 heteroatoms. The summed E-state index contributed by atoms with van der Waals surface area (Å²) in [5.74, 6) is 0. The predicted molar refractivity (Wildman–Crippen MR) is 55.3 cm³/mol. The summed E-state index contributed by atoms with van der Waals surface area (Å²) in [7, 11) is 0. The van der Waals surface area contributed by atoms with Gasteiger partial charge in [0.1, 0.15) is 0 Å². The summed E-state index contributed by atoms with van der Waals surface area (Å²) in [6.45, 7) is 0.758. The van der Waals surface area contributed by atoms with Crippen molar-refractivity contribution in [3.05, 3.63) is 41.5 Å². The molecule has 0 unspecified atom stereocenters. The summed E-state index contributed by atoms with van der Waals surface area (Å²) < 4.78 is 0. The van der Waals surface area contributed by atoms with Crippen molar-refractivity contribution < 1.29 is 5.11 Å². The van der Waals surface area contributed by atoms with E-state index in [1.54, 1.807) is 6.08 Å². The SMILES string of the molecule is NCCc1cccc(C=CCO)c1. The van der Waals surface area contributed by atoms with Gasteiger partial charge >= 0.3 is 0 Å². The number of aliphatic hydroxyl groups is 1. The minimum atomic E-state index is 0.0844. The van der Waals surface area contributed by atoms with Crippen molar-refractivity contribution >= 4 is 6.08 Å². The molecule has 3 N–H and O–H groups in total. The lowest BCUT2D eigenvalue weighted by atomic mass is 10.1. The average molecular weight is 177 g/mol. The van der Waals surface area contributed by atoms with Crippen molar-refractivity contribution in [2.24, 2.45) is 5.73 Å². The van der Waals surface area contributed by atoms with Gasteiger partial charge in [0.25, 0.3) is 0 Å². The van der Waals surface area contributed by atoms with Crippen LogP contribution in [0.5, 0.6) is 0 Å². The van der Waals surface area contributed by atoms with E-state index in [9.17, 15) is 0 Å². The zero-order chi connectivity index (χ0) is 9.52. The quantitative estimate of drug-likeness (QED) is 0.725. The number of nitrogens with two attached hydrogens (primary N) is 1. The first-order chi connectivity index (χ1) is 6.36. The summed E-state index contributed by atoms with van der Waals surface area (Å²) in [4.78, 5) is 0. The Morgan fingerprint density at radius 2 is 2.23 bits per heavy atom. The van der Waals surface area contributed by atoms with Crippen molar-refractivity contribution in [1.29, 1.82) is 0 Å². The highest BCUT2D eigenvalue weighted by atomic mass is 16.2. The minimum Gasteiger partial charge on any atom is -0.392 e. The molecule has 0 amide bonds. The van der Waals surface area contributed by atoms with Gasteiger partial charge in [-0.2, -0.15) is 0 Å². The molecule has 13 heavy (non-hydrogen) atoms. The summed E-state index contributed by atoms with van der Waals surface area (Å²) in [6.07, 6.45) is 4.53. The normalized spacial score (nSPS) is 10.9. The van der Waals surface area contributed by atoms with Crippen LogP contribution in [0.2, 0.25) is 0 Å². The van der Waals surface area contributed by atoms with Crippen LogP contribution in [0, 0.1) is 0 Å². The van der Waals surface area contributed by atoms with E-state index in [1.807, 2.05) is 18.2 Å². The van der Waals surface area contributed by atoms with Gasteiger partial charge in [0.15, 0.2) is 0 Å². The average Bonchev–Trinajstić information content (AvgIpc) is 2.16. The van der Waals surface area contributed by atoms with Crippen LogP contribution in [0.15, 0.2) is 30.3 Å². The summed E-state index contributed by atoms with van der Waals surface area (Å²) >= 11 is 0. The van der Waals surface area contributed by atoms with Crippen LogP contribution < -0.4 is 5.73 Å². The second-order valence-electron chi connectivity index (χ2n) is 2.87. The molecule has 70 valence electrons. The molecular weight excluding hydrogens is 162 g/mol. The van der Waals surface area contributed by atoms with Gasteiger partial charge in [0.05, 0.1) is 6.61 Å². The second-order valence-corrected chi connectivity index (χ2v) is 2.87. The monoisotopic (exact) mass is 177 g/mol. The van der Waals surface area contributed by atoms with Gasteiger partial charge in [0.2, 0.25) is 0 Å². The molecule has 0 aromatic heterocycles. The highest BCUT2D eigenvalue weighted by molar-refractivity contribution is 5.50. The molecule has 0 fully saturated rings. The maximum Gasteiger partial charge on any atom is 0.0615 e. The van der Waals surface area contributed by atoms with E-state index in [4.69, 9.17) is 10.8 Å². The van der Waals surface area contributed by atoms with Gasteiger partial charge in [-0.1, -0.05) is 36.4 Å². The van der Waals surface area contributed by atoms with Crippen molar-refractivity contribution in [3.63, 3.8) is 0 Å². The fourth-order valence-corrected chi connectivity index (χ4v) is 1.21. The fraction of sp³-hybridized carbons (Fsp3) is 0.273. The predicted octanol–water partition coefficient (Wildman–Crippen LogP) is 1.19. The smallest absolute Gasteiger partial charge is 0.0615 e. The molecule has 0 spiro atoms. The first-order valence-electron chi connectivity index (χ1n) is 4.43. The summed E-state index contributed by atoms with van der Waals surface area (Å²) in [5.41, 5.74) is 7.80. The highest BCUT2D eigenvalue weighted by Gasteiger charge is 1.91. The lowest BCUT2D eigenvalue weighted by Gasteiger charge is -1.99. The molecule has 1 aromatic rings. The lowest BCUT2D eigenvalue weighted by Crippen LogP contribution is -2.02. The van der Waals surface area contributed by atoms with Gasteiger partial charge in [-0.15, -0.1) is 0 Å². The zero-order valence-corrected chi connectivity index (χ0v) is 7.61. The van der Waals surface area contributed by atoms with E-state index in [0.717, 1.165) is 12.0 Å². The number of benzene rings is 1. The molecule has 0 aliphatic carbocycles. The Bertz CT molecular complexity index is 281. The van der Waals surface area contributed by atoms with Crippen molar-refractivity contribution in [3.8, 4) is 0 Å². The van der Waals surface area contributed by atoms with Crippen LogP contribution in [0.25, 0.3) is 6.08 Å². The van der Waals surface area contributed by atoms with Crippen molar-refractivity contribution in [2.75, 3.05) is 13.2 Å². The molecule has 0 aliphatic heterocycles. The molecule has 0 saturated carbocycles. The van der Waals surface area contributed by atoms with Gasteiger partial charge in [0, 0.05) is 0 Å². The Hall–Kier alpha value is -1.12. The summed E-state index contributed by atoms with van der Waals surface area (Å²) in [5, 5.41) is 8.59.